The number of nitrogens with zero attached hydrogens (tertiary/aromatic N) is 3. The van der Waals surface area contributed by atoms with E-state index in [4.69, 9.17) is 4.98 Å². The molecule has 0 spiro atoms. The lowest BCUT2D eigenvalue weighted by Crippen LogP contribution is -2.28. The van der Waals surface area contributed by atoms with Gasteiger partial charge in [0.2, 0.25) is 0 Å². The van der Waals surface area contributed by atoms with Crippen LogP contribution < -0.4 is 9.80 Å². The number of rotatable bonds is 10. The van der Waals surface area contributed by atoms with E-state index >= 15 is 0 Å². The number of hydrogen-bond acceptors (Lipinski definition) is 3. The van der Waals surface area contributed by atoms with Crippen LogP contribution in [0.1, 0.15) is 56.6 Å². The van der Waals surface area contributed by atoms with Crippen LogP contribution in [0.4, 0.5) is 11.5 Å². The molecule has 3 aromatic rings. The Kier molecular flexibility index (Phi) is 9.00. The molecule has 1 heterocycles. The Morgan fingerprint density at radius 1 is 0.919 bits per heavy atom. The topological polar surface area (TPSA) is 19.4 Å². The zero-order valence-corrected chi connectivity index (χ0v) is 22.8. The molecule has 0 unspecified atom stereocenters. The molecule has 2 aromatic carbocycles. The van der Waals surface area contributed by atoms with E-state index in [1.54, 1.807) is 0 Å². The van der Waals surface area contributed by atoms with Gasteiger partial charge in [-0.25, -0.2) is 4.98 Å². The molecule has 0 N–H and O–H groups in total. The second-order valence-electron chi connectivity index (χ2n) is 10.3. The van der Waals surface area contributed by atoms with E-state index in [2.05, 4.69) is 117 Å². The van der Waals surface area contributed by atoms with Gasteiger partial charge in [-0.2, -0.15) is 0 Å². The van der Waals surface area contributed by atoms with E-state index in [0.717, 1.165) is 29.9 Å². The fourth-order valence-corrected chi connectivity index (χ4v) is 4.94. The summed E-state index contributed by atoms with van der Waals surface area (Å²) in [5.41, 5.74) is 8.38. The van der Waals surface area contributed by atoms with Crippen LogP contribution in [0.15, 0.2) is 97.4 Å². The first-order valence-corrected chi connectivity index (χ1v) is 13.6. The lowest BCUT2D eigenvalue weighted by molar-refractivity contribution is 0.395. The third-order valence-corrected chi connectivity index (χ3v) is 7.45. The van der Waals surface area contributed by atoms with Crippen molar-refractivity contribution in [1.29, 1.82) is 0 Å². The van der Waals surface area contributed by atoms with Gasteiger partial charge in [0.05, 0.1) is 0 Å². The summed E-state index contributed by atoms with van der Waals surface area (Å²) in [5.74, 6) is 1.48. The highest BCUT2D eigenvalue weighted by atomic mass is 15.2. The van der Waals surface area contributed by atoms with E-state index in [1.165, 1.54) is 60.2 Å². The molecule has 1 aromatic heterocycles. The van der Waals surface area contributed by atoms with Gasteiger partial charge in [0.1, 0.15) is 5.82 Å². The fourth-order valence-electron chi connectivity index (χ4n) is 4.94. The lowest BCUT2D eigenvalue weighted by atomic mass is 9.86. The molecule has 1 aliphatic rings. The minimum atomic E-state index is 0.518. The van der Waals surface area contributed by atoms with Crippen LogP contribution >= 0.6 is 0 Å². The van der Waals surface area contributed by atoms with Gasteiger partial charge in [0, 0.05) is 38.2 Å². The van der Waals surface area contributed by atoms with Crippen molar-refractivity contribution in [2.75, 3.05) is 23.9 Å². The Hall–Kier alpha value is -3.59. The molecule has 3 heteroatoms. The number of pyridine rings is 1. The van der Waals surface area contributed by atoms with E-state index in [9.17, 15) is 0 Å². The average molecular weight is 492 g/mol. The minimum absolute atomic E-state index is 0.518. The van der Waals surface area contributed by atoms with Gasteiger partial charge in [0.25, 0.3) is 0 Å². The van der Waals surface area contributed by atoms with Gasteiger partial charge in [0.15, 0.2) is 0 Å². The van der Waals surface area contributed by atoms with Crippen LogP contribution in [0.5, 0.6) is 0 Å². The summed E-state index contributed by atoms with van der Waals surface area (Å²) >= 11 is 0. The summed E-state index contributed by atoms with van der Waals surface area (Å²) in [6.45, 7) is 11.6. The maximum absolute atomic E-state index is 4.79. The second kappa shape index (κ2) is 12.6. The molecule has 0 bridgehead atoms. The van der Waals surface area contributed by atoms with Crippen molar-refractivity contribution < 1.29 is 0 Å². The van der Waals surface area contributed by atoms with Crippen molar-refractivity contribution in [2.24, 2.45) is 5.92 Å². The Bertz CT molecular complexity index is 1210. The van der Waals surface area contributed by atoms with Crippen LogP contribution in [0.3, 0.4) is 0 Å². The van der Waals surface area contributed by atoms with Crippen molar-refractivity contribution in [3.05, 3.63) is 108 Å². The first kappa shape index (κ1) is 26.5. The Morgan fingerprint density at radius 3 is 2.19 bits per heavy atom. The minimum Gasteiger partial charge on any atom is -0.378 e. The number of anilines is 2. The molecule has 1 aliphatic carbocycles. The van der Waals surface area contributed by atoms with Crippen molar-refractivity contribution in [1.82, 2.24) is 4.98 Å². The van der Waals surface area contributed by atoms with Crippen LogP contribution in [-0.2, 0) is 6.54 Å². The molecular weight excluding hydrogens is 450 g/mol. The molecule has 1 saturated carbocycles. The van der Waals surface area contributed by atoms with Crippen LogP contribution in [0, 0.1) is 5.92 Å². The molecule has 0 saturated heterocycles. The van der Waals surface area contributed by atoms with E-state index in [1.807, 2.05) is 6.20 Å². The lowest BCUT2D eigenvalue weighted by Gasteiger charge is -2.33. The fraction of sp³-hybridized carbons (Fsp3) is 0.324. The quantitative estimate of drug-likeness (QED) is 0.264. The number of allylic oxidation sites excluding steroid dienone is 3. The smallest absolute Gasteiger partial charge is 0.133 e. The van der Waals surface area contributed by atoms with Crippen molar-refractivity contribution in [3.63, 3.8) is 0 Å². The first-order valence-electron chi connectivity index (χ1n) is 13.6. The second-order valence-corrected chi connectivity index (χ2v) is 10.3. The zero-order valence-electron chi connectivity index (χ0n) is 22.8. The highest BCUT2D eigenvalue weighted by Crippen LogP contribution is 2.34. The normalized spacial score (nSPS) is 14.0. The molecule has 3 nitrogen and oxygen atoms in total. The van der Waals surface area contributed by atoms with Crippen molar-refractivity contribution in [2.45, 2.75) is 52.0 Å². The number of aromatic nitrogens is 1. The van der Waals surface area contributed by atoms with Crippen LogP contribution in [0.2, 0.25) is 0 Å². The van der Waals surface area contributed by atoms with Gasteiger partial charge in [-0.15, -0.1) is 0 Å². The molecule has 0 atom stereocenters. The predicted octanol–water partition coefficient (Wildman–Crippen LogP) is 8.89. The summed E-state index contributed by atoms with van der Waals surface area (Å²) in [6, 6.07) is 21.9. The molecule has 37 heavy (non-hydrogen) atoms. The van der Waals surface area contributed by atoms with Gasteiger partial charge >= 0.3 is 0 Å². The Morgan fingerprint density at radius 2 is 1.57 bits per heavy atom. The van der Waals surface area contributed by atoms with Crippen molar-refractivity contribution >= 4 is 17.6 Å². The summed E-state index contributed by atoms with van der Waals surface area (Å²) < 4.78 is 0. The number of benzene rings is 2. The van der Waals surface area contributed by atoms with Crippen LogP contribution in [-0.4, -0.2) is 19.1 Å². The van der Waals surface area contributed by atoms with Gasteiger partial charge in [-0.05, 0) is 71.7 Å². The Labute approximate surface area is 223 Å². The molecule has 4 rings (SSSR count). The third-order valence-electron chi connectivity index (χ3n) is 7.45. The molecule has 0 amide bonds. The van der Waals surface area contributed by atoms with E-state index < -0.39 is 0 Å². The largest absolute Gasteiger partial charge is 0.378 e. The molecular formula is C34H41N3. The first-order chi connectivity index (χ1) is 17.9. The SMILES string of the molecule is C=C(/C=C/c1ccnc(N(Cc2ccc(-c3ccc(N(C)C)cc3)cc2)C(=C)C2CCCCC2)c1)CC. The Balaban J connectivity index is 1.58. The third kappa shape index (κ3) is 7.01. The molecule has 1 fully saturated rings. The molecule has 192 valence electrons. The van der Waals surface area contributed by atoms with E-state index in [0.29, 0.717) is 5.92 Å². The van der Waals surface area contributed by atoms with Crippen LogP contribution in [0.25, 0.3) is 17.2 Å². The highest BCUT2D eigenvalue weighted by Gasteiger charge is 2.23. The monoisotopic (exact) mass is 491 g/mol. The summed E-state index contributed by atoms with van der Waals surface area (Å²) in [4.78, 5) is 9.25. The standard InChI is InChI=1S/C34H41N3/c1-6-26(2)12-13-28-22-23-35-34(24-28)37(27(3)30-10-8-7-9-11-30)25-29-14-16-31(17-15-29)32-18-20-33(21-19-32)36(4)5/h12-24,30H,2-3,6-11,25H2,1,4-5H3/b13-12+. The van der Waals surface area contributed by atoms with E-state index in [-0.39, 0.29) is 0 Å². The van der Waals surface area contributed by atoms with Crippen molar-refractivity contribution in [3.8, 4) is 11.1 Å². The summed E-state index contributed by atoms with van der Waals surface area (Å²) in [7, 11) is 4.14. The molecule has 0 aliphatic heterocycles. The maximum Gasteiger partial charge on any atom is 0.133 e. The highest BCUT2D eigenvalue weighted by molar-refractivity contribution is 5.67. The van der Waals surface area contributed by atoms with Gasteiger partial charge < -0.3 is 9.80 Å². The maximum atomic E-state index is 4.79. The van der Waals surface area contributed by atoms with Gasteiger partial charge in [-0.3, -0.25) is 0 Å². The predicted molar refractivity (Wildman–Crippen MR) is 161 cm³/mol. The summed E-state index contributed by atoms with van der Waals surface area (Å²) in [6.07, 6.45) is 13.4. The zero-order chi connectivity index (χ0) is 26.2. The number of hydrogen-bond donors (Lipinski definition) is 0. The molecule has 0 radical (unpaired) electrons. The summed E-state index contributed by atoms with van der Waals surface area (Å²) in [5, 5.41) is 0. The van der Waals surface area contributed by atoms with Gasteiger partial charge in [-0.1, -0.05) is 93.5 Å². The average Bonchev–Trinajstić information content (AvgIpc) is 2.95.